The van der Waals surface area contributed by atoms with Crippen LogP contribution in [-0.2, 0) is 4.74 Å². The Morgan fingerprint density at radius 3 is 2.68 bits per heavy atom. The second kappa shape index (κ2) is 6.29. The van der Waals surface area contributed by atoms with E-state index in [1.54, 1.807) is 4.90 Å². The van der Waals surface area contributed by atoms with E-state index in [0.717, 1.165) is 24.9 Å². The highest BCUT2D eigenvalue weighted by Gasteiger charge is 2.36. The molecule has 0 bridgehead atoms. The Morgan fingerprint density at radius 1 is 1.36 bits per heavy atom. The maximum atomic E-state index is 12.4. The van der Waals surface area contributed by atoms with Gasteiger partial charge in [0, 0.05) is 6.54 Å². The van der Waals surface area contributed by atoms with Gasteiger partial charge in [-0.25, -0.2) is 4.79 Å². The fourth-order valence-electron chi connectivity index (χ4n) is 3.04. The van der Waals surface area contributed by atoms with Crippen molar-refractivity contribution in [3.05, 3.63) is 34.9 Å². The van der Waals surface area contributed by atoms with Crippen molar-refractivity contribution in [3.63, 3.8) is 0 Å². The van der Waals surface area contributed by atoms with E-state index in [-0.39, 0.29) is 18.2 Å². The summed E-state index contributed by atoms with van der Waals surface area (Å²) in [6.07, 6.45) is 1.65. The zero-order valence-corrected chi connectivity index (χ0v) is 14.3. The summed E-state index contributed by atoms with van der Waals surface area (Å²) in [5, 5.41) is 0. The average Bonchev–Trinajstić information content (AvgIpc) is 2.88. The van der Waals surface area contributed by atoms with Crippen LogP contribution in [0.25, 0.3) is 0 Å². The Labute approximate surface area is 133 Å². The first kappa shape index (κ1) is 16.8. The van der Waals surface area contributed by atoms with Crippen molar-refractivity contribution in [2.24, 2.45) is 5.73 Å². The van der Waals surface area contributed by atoms with Crippen molar-refractivity contribution in [2.75, 3.05) is 6.54 Å². The van der Waals surface area contributed by atoms with E-state index in [1.807, 2.05) is 20.8 Å². The topological polar surface area (TPSA) is 55.6 Å². The Balaban J connectivity index is 2.19. The van der Waals surface area contributed by atoms with E-state index in [2.05, 4.69) is 32.0 Å². The Bertz CT molecular complexity index is 549. The molecule has 2 atom stereocenters. The van der Waals surface area contributed by atoms with E-state index in [0.29, 0.717) is 0 Å². The van der Waals surface area contributed by atoms with Crippen LogP contribution in [0.4, 0.5) is 4.79 Å². The fraction of sp³-hybridized carbons (Fsp3) is 0.611. The Kier molecular flexibility index (Phi) is 4.81. The van der Waals surface area contributed by atoms with Crippen LogP contribution in [0.15, 0.2) is 18.2 Å². The summed E-state index contributed by atoms with van der Waals surface area (Å²) in [5.41, 5.74) is 9.53. The lowest BCUT2D eigenvalue weighted by atomic mass is 9.93. The van der Waals surface area contributed by atoms with Crippen LogP contribution in [0.2, 0.25) is 0 Å². The van der Waals surface area contributed by atoms with Gasteiger partial charge in [0.05, 0.1) is 12.1 Å². The SMILES string of the molecule is Cc1ccc(C)c(C(N)C2CCCN2C(=O)OC(C)(C)C)c1. The highest BCUT2D eigenvalue weighted by molar-refractivity contribution is 5.69. The third kappa shape index (κ3) is 3.80. The van der Waals surface area contributed by atoms with E-state index < -0.39 is 5.60 Å². The van der Waals surface area contributed by atoms with Gasteiger partial charge in [-0.3, -0.25) is 0 Å². The van der Waals surface area contributed by atoms with Crippen LogP contribution in [0.3, 0.4) is 0 Å². The summed E-state index contributed by atoms with van der Waals surface area (Å²) in [7, 11) is 0. The maximum Gasteiger partial charge on any atom is 0.410 e. The molecular weight excluding hydrogens is 276 g/mol. The summed E-state index contributed by atoms with van der Waals surface area (Å²) in [5.74, 6) is 0. The van der Waals surface area contributed by atoms with Crippen LogP contribution in [0, 0.1) is 13.8 Å². The van der Waals surface area contributed by atoms with Gasteiger partial charge in [-0.1, -0.05) is 23.8 Å². The van der Waals surface area contributed by atoms with Crippen molar-refractivity contribution in [3.8, 4) is 0 Å². The number of ether oxygens (including phenoxy) is 1. The molecule has 2 rings (SSSR count). The minimum atomic E-state index is -0.479. The van der Waals surface area contributed by atoms with Crippen LogP contribution >= 0.6 is 0 Å². The lowest BCUT2D eigenvalue weighted by Gasteiger charge is -2.32. The second-order valence-electron chi connectivity index (χ2n) is 7.27. The molecule has 1 aliphatic rings. The molecule has 122 valence electrons. The molecule has 1 aliphatic heterocycles. The molecule has 1 amide bonds. The molecule has 1 fully saturated rings. The highest BCUT2D eigenvalue weighted by atomic mass is 16.6. The van der Waals surface area contributed by atoms with E-state index >= 15 is 0 Å². The molecule has 0 radical (unpaired) electrons. The number of hydrogen-bond acceptors (Lipinski definition) is 3. The number of rotatable bonds is 2. The van der Waals surface area contributed by atoms with Crippen LogP contribution in [-0.4, -0.2) is 29.2 Å². The molecule has 0 aliphatic carbocycles. The molecule has 1 saturated heterocycles. The minimum Gasteiger partial charge on any atom is -0.444 e. The predicted molar refractivity (Wildman–Crippen MR) is 88.8 cm³/mol. The molecule has 0 saturated carbocycles. The quantitative estimate of drug-likeness (QED) is 0.906. The number of carbonyl (C=O) groups excluding carboxylic acids is 1. The van der Waals surface area contributed by atoms with Gasteiger partial charge < -0.3 is 15.4 Å². The largest absolute Gasteiger partial charge is 0.444 e. The number of carbonyl (C=O) groups is 1. The monoisotopic (exact) mass is 304 g/mol. The van der Waals surface area contributed by atoms with Crippen LogP contribution in [0.1, 0.15) is 56.3 Å². The van der Waals surface area contributed by atoms with Gasteiger partial charge >= 0.3 is 6.09 Å². The van der Waals surface area contributed by atoms with Gasteiger partial charge in [0.1, 0.15) is 5.60 Å². The zero-order chi connectivity index (χ0) is 16.5. The van der Waals surface area contributed by atoms with Crippen molar-refractivity contribution < 1.29 is 9.53 Å². The molecule has 4 nitrogen and oxygen atoms in total. The van der Waals surface area contributed by atoms with Crippen molar-refractivity contribution in [1.82, 2.24) is 4.90 Å². The first-order chi connectivity index (χ1) is 10.2. The van der Waals surface area contributed by atoms with Crippen molar-refractivity contribution >= 4 is 6.09 Å². The standard InChI is InChI=1S/C18H28N2O2/c1-12-8-9-13(2)14(11-12)16(19)15-7-6-10-20(15)17(21)22-18(3,4)5/h8-9,11,15-16H,6-7,10,19H2,1-5H3. The van der Waals surface area contributed by atoms with E-state index in [9.17, 15) is 4.79 Å². The summed E-state index contributed by atoms with van der Waals surface area (Å²) in [6, 6.07) is 6.15. The zero-order valence-electron chi connectivity index (χ0n) is 14.3. The van der Waals surface area contributed by atoms with Crippen LogP contribution < -0.4 is 5.73 Å². The second-order valence-corrected chi connectivity index (χ2v) is 7.27. The van der Waals surface area contributed by atoms with Gasteiger partial charge in [-0.05, 0) is 58.6 Å². The molecule has 1 aromatic rings. The van der Waals surface area contributed by atoms with E-state index in [4.69, 9.17) is 10.5 Å². The molecule has 0 spiro atoms. The number of benzene rings is 1. The molecular formula is C18H28N2O2. The Morgan fingerprint density at radius 2 is 2.05 bits per heavy atom. The van der Waals surface area contributed by atoms with Gasteiger partial charge in [0.2, 0.25) is 0 Å². The number of aryl methyl sites for hydroxylation is 2. The molecule has 22 heavy (non-hydrogen) atoms. The third-order valence-corrected chi connectivity index (χ3v) is 4.14. The highest BCUT2D eigenvalue weighted by Crippen LogP contribution is 2.31. The lowest BCUT2D eigenvalue weighted by Crippen LogP contribution is -2.44. The third-order valence-electron chi connectivity index (χ3n) is 4.14. The molecule has 2 N–H and O–H groups in total. The Hall–Kier alpha value is -1.55. The summed E-state index contributed by atoms with van der Waals surface area (Å²) >= 11 is 0. The number of likely N-dealkylation sites (tertiary alicyclic amines) is 1. The number of nitrogens with two attached hydrogens (primary N) is 1. The normalized spacial score (nSPS) is 20.1. The number of amides is 1. The first-order valence-corrected chi connectivity index (χ1v) is 8.01. The minimum absolute atomic E-state index is 0.00958. The number of hydrogen-bond donors (Lipinski definition) is 1. The summed E-state index contributed by atoms with van der Waals surface area (Å²) in [4.78, 5) is 14.2. The average molecular weight is 304 g/mol. The maximum absolute atomic E-state index is 12.4. The summed E-state index contributed by atoms with van der Waals surface area (Å²) in [6.45, 7) is 10.5. The molecule has 1 aromatic carbocycles. The molecule has 0 aromatic heterocycles. The molecule has 2 unspecified atom stereocenters. The molecule has 1 heterocycles. The van der Waals surface area contributed by atoms with Gasteiger partial charge in [0.25, 0.3) is 0 Å². The predicted octanol–water partition coefficient (Wildman–Crippen LogP) is 3.70. The lowest BCUT2D eigenvalue weighted by molar-refractivity contribution is 0.0206. The first-order valence-electron chi connectivity index (χ1n) is 8.01. The summed E-state index contributed by atoms with van der Waals surface area (Å²) < 4.78 is 5.52. The smallest absolute Gasteiger partial charge is 0.410 e. The van der Waals surface area contributed by atoms with Gasteiger partial charge in [-0.2, -0.15) is 0 Å². The number of nitrogens with zero attached hydrogens (tertiary/aromatic N) is 1. The molecule has 4 heteroatoms. The van der Waals surface area contributed by atoms with Gasteiger partial charge in [-0.15, -0.1) is 0 Å². The van der Waals surface area contributed by atoms with Gasteiger partial charge in [0.15, 0.2) is 0 Å². The van der Waals surface area contributed by atoms with E-state index in [1.165, 1.54) is 11.1 Å². The van der Waals surface area contributed by atoms with Crippen molar-refractivity contribution in [2.45, 2.75) is 65.1 Å². The van der Waals surface area contributed by atoms with Crippen molar-refractivity contribution in [1.29, 1.82) is 0 Å². The van der Waals surface area contributed by atoms with Crippen LogP contribution in [0.5, 0.6) is 0 Å². The fourth-order valence-corrected chi connectivity index (χ4v) is 3.04.